The Morgan fingerprint density at radius 1 is 1.28 bits per heavy atom. The van der Waals surface area contributed by atoms with Crippen LogP contribution in [-0.4, -0.2) is 53.0 Å². The monoisotopic (exact) mass is 264 g/mol. The number of piperazine rings is 1. The summed E-state index contributed by atoms with van der Waals surface area (Å²) in [5.41, 5.74) is 0. The van der Waals surface area contributed by atoms with E-state index in [2.05, 4.69) is 0 Å². The molecule has 0 aliphatic carbocycles. The third-order valence-electron chi connectivity index (χ3n) is 3.57. The van der Waals surface area contributed by atoms with E-state index >= 15 is 0 Å². The van der Waals surface area contributed by atoms with Crippen molar-refractivity contribution in [3.05, 3.63) is 0 Å². The summed E-state index contributed by atoms with van der Waals surface area (Å²) in [5, 5.41) is 0. The number of nitrogens with zero attached hydrogens (tertiary/aromatic N) is 2. The van der Waals surface area contributed by atoms with Gasteiger partial charge in [0.1, 0.15) is 12.1 Å². The molecule has 0 N–H and O–H groups in total. The van der Waals surface area contributed by atoms with Crippen LogP contribution in [0.15, 0.2) is 0 Å². The summed E-state index contributed by atoms with van der Waals surface area (Å²) >= 11 is 0. The van der Waals surface area contributed by atoms with Gasteiger partial charge in [-0.1, -0.05) is 0 Å². The fourth-order valence-electron chi connectivity index (χ4n) is 2.59. The fourth-order valence-corrected chi connectivity index (χ4v) is 2.59. The van der Waals surface area contributed by atoms with E-state index in [0.717, 1.165) is 11.3 Å². The second-order valence-corrected chi connectivity index (χ2v) is 4.76. The third-order valence-corrected chi connectivity index (χ3v) is 3.57. The van der Waals surface area contributed by atoms with Gasteiger partial charge in [-0.15, -0.1) is 0 Å². The van der Waals surface area contributed by atoms with Crippen LogP contribution in [0.25, 0.3) is 0 Å². The zero-order chi connectivity index (χ0) is 13.5. The van der Waals surface area contributed by atoms with Gasteiger partial charge >= 0.3 is 6.18 Å². The van der Waals surface area contributed by atoms with Crippen molar-refractivity contribution in [1.29, 1.82) is 0 Å². The lowest BCUT2D eigenvalue weighted by Gasteiger charge is -2.41. The first kappa shape index (κ1) is 13.2. The molecule has 0 aromatic heterocycles. The quantitative estimate of drug-likeness (QED) is 0.751. The van der Waals surface area contributed by atoms with Crippen LogP contribution in [0, 0.1) is 0 Å². The minimum absolute atomic E-state index is 0.237. The molecule has 2 amide bonds. The zero-order valence-corrected chi connectivity index (χ0v) is 10.0. The molecule has 7 heteroatoms. The summed E-state index contributed by atoms with van der Waals surface area (Å²) in [7, 11) is 0. The van der Waals surface area contributed by atoms with Crippen LogP contribution in [0.3, 0.4) is 0 Å². The Bertz CT molecular complexity index is 370. The molecule has 2 unspecified atom stereocenters. The van der Waals surface area contributed by atoms with E-state index < -0.39 is 31.2 Å². The van der Waals surface area contributed by atoms with Crippen molar-refractivity contribution in [2.75, 3.05) is 13.1 Å². The normalized spacial score (nSPS) is 28.9. The predicted molar refractivity (Wildman–Crippen MR) is 56.6 cm³/mol. The standard InChI is InChI=1S/C11H15F3N2O2/c1-7-9(17)16-5-2-3-8(16)10(18)15(7)6-4-11(12,13)14/h7-8H,2-6H2,1H3. The summed E-state index contributed by atoms with van der Waals surface area (Å²) < 4.78 is 36.6. The molecule has 2 aliphatic rings. The highest BCUT2D eigenvalue weighted by Crippen LogP contribution is 2.28. The number of alkyl halides is 3. The molecule has 2 rings (SSSR count). The SMILES string of the molecule is CC1C(=O)N2CCCC2C(=O)N1CCC(F)(F)F. The lowest BCUT2D eigenvalue weighted by Crippen LogP contribution is -2.62. The van der Waals surface area contributed by atoms with E-state index in [1.54, 1.807) is 0 Å². The molecule has 0 spiro atoms. The second kappa shape index (κ2) is 4.44. The van der Waals surface area contributed by atoms with Crippen LogP contribution < -0.4 is 0 Å². The van der Waals surface area contributed by atoms with Crippen molar-refractivity contribution in [3.8, 4) is 0 Å². The molecule has 2 heterocycles. The van der Waals surface area contributed by atoms with Crippen LogP contribution in [0.4, 0.5) is 13.2 Å². The van der Waals surface area contributed by atoms with Crippen LogP contribution in [0.2, 0.25) is 0 Å². The van der Waals surface area contributed by atoms with Gasteiger partial charge in [-0.05, 0) is 19.8 Å². The van der Waals surface area contributed by atoms with Crippen LogP contribution in [0.1, 0.15) is 26.2 Å². The number of hydrogen-bond acceptors (Lipinski definition) is 2. The molecule has 0 radical (unpaired) electrons. The Morgan fingerprint density at radius 2 is 1.94 bits per heavy atom. The highest BCUT2D eigenvalue weighted by molar-refractivity contribution is 5.97. The van der Waals surface area contributed by atoms with Gasteiger partial charge in [-0.25, -0.2) is 0 Å². The van der Waals surface area contributed by atoms with Crippen molar-refractivity contribution in [1.82, 2.24) is 9.80 Å². The number of halogens is 3. The zero-order valence-electron chi connectivity index (χ0n) is 10.0. The summed E-state index contributed by atoms with van der Waals surface area (Å²) in [6, 6.07) is -1.32. The summed E-state index contributed by atoms with van der Waals surface area (Å²) in [5.74, 6) is -0.580. The van der Waals surface area contributed by atoms with E-state index in [1.165, 1.54) is 11.8 Å². The van der Waals surface area contributed by atoms with Gasteiger partial charge in [0.2, 0.25) is 11.8 Å². The average Bonchev–Trinajstić information content (AvgIpc) is 2.73. The molecule has 102 valence electrons. The molecule has 2 saturated heterocycles. The van der Waals surface area contributed by atoms with E-state index in [-0.39, 0.29) is 11.8 Å². The summed E-state index contributed by atoms with van der Waals surface area (Å²) in [6.07, 6.45) is -4.08. The van der Waals surface area contributed by atoms with Crippen molar-refractivity contribution in [2.24, 2.45) is 0 Å². The number of fused-ring (bicyclic) bond motifs is 1. The molecule has 0 aromatic carbocycles. The van der Waals surface area contributed by atoms with Gasteiger partial charge < -0.3 is 9.80 Å². The van der Waals surface area contributed by atoms with Crippen LogP contribution in [-0.2, 0) is 9.59 Å². The maximum atomic E-state index is 12.2. The van der Waals surface area contributed by atoms with Crippen LogP contribution >= 0.6 is 0 Å². The maximum Gasteiger partial charge on any atom is 0.390 e. The summed E-state index contributed by atoms with van der Waals surface area (Å²) in [6.45, 7) is 1.59. The number of amides is 2. The third kappa shape index (κ3) is 2.30. The minimum Gasteiger partial charge on any atom is -0.329 e. The molecule has 2 aliphatic heterocycles. The molecule has 0 aromatic rings. The first-order valence-electron chi connectivity index (χ1n) is 5.99. The largest absolute Gasteiger partial charge is 0.390 e. The number of rotatable bonds is 2. The van der Waals surface area contributed by atoms with Gasteiger partial charge in [-0.2, -0.15) is 13.2 Å². The Labute approximate surface area is 103 Å². The number of hydrogen-bond donors (Lipinski definition) is 0. The van der Waals surface area contributed by atoms with Gasteiger partial charge in [0.25, 0.3) is 0 Å². The van der Waals surface area contributed by atoms with Gasteiger partial charge in [0.05, 0.1) is 6.42 Å². The lowest BCUT2D eigenvalue weighted by atomic mass is 10.1. The summed E-state index contributed by atoms with van der Waals surface area (Å²) in [4.78, 5) is 26.6. The molecular weight excluding hydrogens is 249 g/mol. The molecule has 2 fully saturated rings. The smallest absolute Gasteiger partial charge is 0.329 e. The molecule has 0 bridgehead atoms. The first-order valence-corrected chi connectivity index (χ1v) is 5.99. The molecule has 2 atom stereocenters. The second-order valence-electron chi connectivity index (χ2n) is 4.76. The van der Waals surface area contributed by atoms with Crippen molar-refractivity contribution in [2.45, 2.75) is 44.4 Å². The molecular formula is C11H15F3N2O2. The Morgan fingerprint density at radius 3 is 2.56 bits per heavy atom. The topological polar surface area (TPSA) is 40.6 Å². The fraction of sp³-hybridized carbons (Fsp3) is 0.818. The predicted octanol–water partition coefficient (Wildman–Crippen LogP) is 1.16. The highest BCUT2D eigenvalue weighted by Gasteiger charge is 2.46. The van der Waals surface area contributed by atoms with E-state index in [0.29, 0.717) is 13.0 Å². The minimum atomic E-state index is -4.31. The van der Waals surface area contributed by atoms with E-state index in [4.69, 9.17) is 0 Å². The van der Waals surface area contributed by atoms with Crippen molar-refractivity contribution < 1.29 is 22.8 Å². The van der Waals surface area contributed by atoms with Gasteiger partial charge in [-0.3, -0.25) is 9.59 Å². The molecule has 18 heavy (non-hydrogen) atoms. The Kier molecular flexibility index (Phi) is 3.25. The Balaban J connectivity index is 2.10. The molecule has 4 nitrogen and oxygen atoms in total. The number of carbonyl (C=O) groups excluding carboxylic acids is 2. The van der Waals surface area contributed by atoms with Crippen molar-refractivity contribution >= 4 is 11.8 Å². The van der Waals surface area contributed by atoms with E-state index in [9.17, 15) is 22.8 Å². The van der Waals surface area contributed by atoms with Gasteiger partial charge in [0.15, 0.2) is 0 Å². The Hall–Kier alpha value is -1.27. The first-order chi connectivity index (χ1) is 8.31. The average molecular weight is 264 g/mol. The van der Waals surface area contributed by atoms with Crippen LogP contribution in [0.5, 0.6) is 0 Å². The highest BCUT2D eigenvalue weighted by atomic mass is 19.4. The van der Waals surface area contributed by atoms with Crippen molar-refractivity contribution in [3.63, 3.8) is 0 Å². The maximum absolute atomic E-state index is 12.2. The molecule has 0 saturated carbocycles. The lowest BCUT2D eigenvalue weighted by molar-refractivity contribution is -0.164. The van der Waals surface area contributed by atoms with Gasteiger partial charge in [0, 0.05) is 13.1 Å². The van der Waals surface area contributed by atoms with E-state index in [1.807, 2.05) is 0 Å². The number of carbonyl (C=O) groups is 2.